The fourth-order valence-electron chi connectivity index (χ4n) is 1.80. The molecule has 0 N–H and O–H groups in total. The molecule has 0 radical (unpaired) electrons. The highest BCUT2D eigenvalue weighted by Gasteiger charge is 2.28. The molecule has 0 unspecified atom stereocenters. The van der Waals surface area contributed by atoms with E-state index in [9.17, 15) is 28.1 Å². The Balaban J connectivity index is 2.11. The van der Waals surface area contributed by atoms with Crippen LogP contribution in [0.3, 0.4) is 0 Å². The third kappa shape index (κ3) is 4.83. The van der Waals surface area contributed by atoms with Gasteiger partial charge in [-0.15, -0.1) is 0 Å². The normalized spacial score (nSPS) is 11.3. The third-order valence-corrected chi connectivity index (χ3v) is 2.86. The summed E-state index contributed by atoms with van der Waals surface area (Å²) >= 11 is 0. The van der Waals surface area contributed by atoms with Crippen molar-refractivity contribution in [3.63, 3.8) is 0 Å². The van der Waals surface area contributed by atoms with Crippen molar-refractivity contribution >= 4 is 5.69 Å². The molecule has 0 bridgehead atoms. The highest BCUT2D eigenvalue weighted by Crippen LogP contribution is 2.19. The van der Waals surface area contributed by atoms with E-state index in [0.717, 1.165) is 22.9 Å². The first-order valence-electron chi connectivity index (χ1n) is 6.38. The fourth-order valence-corrected chi connectivity index (χ4v) is 1.80. The number of hydrogen-bond donors (Lipinski definition) is 0. The second kappa shape index (κ2) is 6.51. The zero-order chi connectivity index (χ0) is 17.0. The van der Waals surface area contributed by atoms with Crippen LogP contribution in [-0.2, 0) is 6.54 Å². The quantitative estimate of drug-likeness (QED) is 0.625. The Hall–Kier alpha value is -2.84. The van der Waals surface area contributed by atoms with Gasteiger partial charge in [-0.2, -0.15) is 13.2 Å². The average molecular weight is 328 g/mol. The largest absolute Gasteiger partial charge is 0.484 e. The number of pyridine rings is 1. The SMILES string of the molecule is O=c1ccc([N+](=O)[O-])cn1Cc1ccc(OCC(F)(F)F)cc1. The van der Waals surface area contributed by atoms with Gasteiger partial charge in [0.25, 0.3) is 11.2 Å². The van der Waals surface area contributed by atoms with Crippen LogP contribution in [0.2, 0.25) is 0 Å². The van der Waals surface area contributed by atoms with Gasteiger partial charge in [-0.3, -0.25) is 14.9 Å². The van der Waals surface area contributed by atoms with E-state index in [1.807, 2.05) is 0 Å². The maximum absolute atomic E-state index is 12.0. The lowest BCUT2D eigenvalue weighted by atomic mass is 10.2. The first-order valence-corrected chi connectivity index (χ1v) is 6.38. The average Bonchev–Trinajstić information content (AvgIpc) is 2.48. The topological polar surface area (TPSA) is 74.4 Å². The van der Waals surface area contributed by atoms with Crippen molar-refractivity contribution in [1.29, 1.82) is 0 Å². The molecule has 1 aromatic heterocycles. The van der Waals surface area contributed by atoms with Crippen LogP contribution in [-0.4, -0.2) is 22.3 Å². The summed E-state index contributed by atoms with van der Waals surface area (Å²) < 4.78 is 41.8. The number of halogens is 3. The van der Waals surface area contributed by atoms with E-state index in [2.05, 4.69) is 4.74 Å². The van der Waals surface area contributed by atoms with Crippen LogP contribution >= 0.6 is 0 Å². The lowest BCUT2D eigenvalue weighted by Gasteiger charge is -2.10. The molecule has 2 rings (SSSR count). The lowest BCUT2D eigenvalue weighted by Crippen LogP contribution is -2.20. The zero-order valence-electron chi connectivity index (χ0n) is 11.6. The van der Waals surface area contributed by atoms with E-state index in [1.54, 1.807) is 0 Å². The second-order valence-corrected chi connectivity index (χ2v) is 4.66. The van der Waals surface area contributed by atoms with Crippen molar-refractivity contribution in [2.24, 2.45) is 0 Å². The standard InChI is InChI=1S/C14H11F3N2O4/c15-14(16,17)9-23-12-4-1-10(2-5-12)7-18-8-11(19(21)22)3-6-13(18)20/h1-6,8H,7,9H2. The molecule has 0 aliphatic rings. The Morgan fingerprint density at radius 1 is 1.13 bits per heavy atom. The summed E-state index contributed by atoms with van der Waals surface area (Å²) in [6.45, 7) is -1.34. The maximum Gasteiger partial charge on any atom is 0.422 e. The number of rotatable bonds is 5. The molecule has 0 fully saturated rings. The van der Waals surface area contributed by atoms with Crippen molar-refractivity contribution in [2.75, 3.05) is 6.61 Å². The van der Waals surface area contributed by atoms with Gasteiger partial charge in [0, 0.05) is 12.1 Å². The van der Waals surface area contributed by atoms with Gasteiger partial charge in [0.15, 0.2) is 6.61 Å². The van der Waals surface area contributed by atoms with E-state index in [-0.39, 0.29) is 18.0 Å². The summed E-state index contributed by atoms with van der Waals surface area (Å²) in [5, 5.41) is 10.7. The summed E-state index contributed by atoms with van der Waals surface area (Å²) in [4.78, 5) is 21.7. The molecule has 0 spiro atoms. The monoisotopic (exact) mass is 328 g/mol. The van der Waals surface area contributed by atoms with E-state index in [0.29, 0.717) is 5.56 Å². The van der Waals surface area contributed by atoms with Gasteiger partial charge >= 0.3 is 6.18 Å². The van der Waals surface area contributed by atoms with Gasteiger partial charge in [0.2, 0.25) is 0 Å². The summed E-state index contributed by atoms with van der Waals surface area (Å²) in [6, 6.07) is 7.83. The Bertz CT molecular complexity index is 754. The maximum atomic E-state index is 12.0. The van der Waals surface area contributed by atoms with E-state index in [1.165, 1.54) is 24.3 Å². The summed E-state index contributed by atoms with van der Waals surface area (Å²) in [5.74, 6) is 0.0393. The van der Waals surface area contributed by atoms with Crippen molar-refractivity contribution in [3.05, 3.63) is 68.6 Å². The predicted molar refractivity (Wildman–Crippen MR) is 74.5 cm³/mol. The number of nitro groups is 1. The highest BCUT2D eigenvalue weighted by molar-refractivity contribution is 5.29. The van der Waals surface area contributed by atoms with E-state index >= 15 is 0 Å². The molecule has 0 saturated carbocycles. The first-order chi connectivity index (χ1) is 10.7. The summed E-state index contributed by atoms with van der Waals surface area (Å²) in [5.41, 5.74) is -0.0605. The molecule has 0 atom stereocenters. The van der Waals surface area contributed by atoms with Gasteiger partial charge in [0.05, 0.1) is 17.7 Å². The molecule has 0 aliphatic heterocycles. The summed E-state index contributed by atoms with van der Waals surface area (Å²) in [7, 11) is 0. The van der Waals surface area contributed by atoms with Crippen molar-refractivity contribution in [3.8, 4) is 5.75 Å². The van der Waals surface area contributed by atoms with Crippen molar-refractivity contribution < 1.29 is 22.8 Å². The Morgan fingerprint density at radius 2 is 1.78 bits per heavy atom. The molecular formula is C14H11F3N2O4. The molecule has 122 valence electrons. The molecular weight excluding hydrogens is 317 g/mol. The lowest BCUT2D eigenvalue weighted by molar-refractivity contribution is -0.385. The number of hydrogen-bond acceptors (Lipinski definition) is 4. The number of alkyl halides is 3. The third-order valence-electron chi connectivity index (χ3n) is 2.86. The fraction of sp³-hybridized carbons (Fsp3) is 0.214. The number of aromatic nitrogens is 1. The number of benzene rings is 1. The van der Waals surface area contributed by atoms with E-state index in [4.69, 9.17) is 0 Å². The minimum absolute atomic E-state index is 0.0393. The van der Waals surface area contributed by atoms with Crippen molar-refractivity contribution in [1.82, 2.24) is 4.57 Å². The molecule has 1 aromatic carbocycles. The molecule has 1 heterocycles. The molecule has 2 aromatic rings. The van der Waals surface area contributed by atoms with Crippen LogP contribution < -0.4 is 10.3 Å². The Labute approximate surface area is 127 Å². The molecule has 0 amide bonds. The minimum atomic E-state index is -4.42. The van der Waals surface area contributed by atoms with Gasteiger partial charge < -0.3 is 9.30 Å². The Morgan fingerprint density at radius 3 is 2.35 bits per heavy atom. The zero-order valence-corrected chi connectivity index (χ0v) is 11.6. The van der Waals surface area contributed by atoms with Crippen LogP contribution in [0.1, 0.15) is 5.56 Å². The molecule has 6 nitrogen and oxygen atoms in total. The van der Waals surface area contributed by atoms with Crippen LogP contribution in [0.5, 0.6) is 5.75 Å². The summed E-state index contributed by atoms with van der Waals surface area (Å²) in [6.07, 6.45) is -3.31. The number of ether oxygens (including phenoxy) is 1. The second-order valence-electron chi connectivity index (χ2n) is 4.66. The van der Waals surface area contributed by atoms with Gasteiger partial charge in [-0.05, 0) is 17.7 Å². The smallest absolute Gasteiger partial charge is 0.422 e. The molecule has 23 heavy (non-hydrogen) atoms. The highest BCUT2D eigenvalue weighted by atomic mass is 19.4. The molecule has 0 saturated heterocycles. The van der Waals surface area contributed by atoms with Gasteiger partial charge in [-0.1, -0.05) is 12.1 Å². The predicted octanol–water partition coefficient (Wildman–Crippen LogP) is 2.75. The minimum Gasteiger partial charge on any atom is -0.484 e. The van der Waals surface area contributed by atoms with Crippen LogP contribution in [0.25, 0.3) is 0 Å². The van der Waals surface area contributed by atoms with Crippen LogP contribution in [0.4, 0.5) is 18.9 Å². The first kappa shape index (κ1) is 16.5. The number of nitrogens with zero attached hydrogens (tertiary/aromatic N) is 2. The molecule has 9 heteroatoms. The molecule has 0 aliphatic carbocycles. The van der Waals surface area contributed by atoms with Crippen LogP contribution in [0, 0.1) is 10.1 Å². The van der Waals surface area contributed by atoms with Crippen LogP contribution in [0.15, 0.2) is 47.4 Å². The van der Waals surface area contributed by atoms with Crippen molar-refractivity contribution in [2.45, 2.75) is 12.7 Å². The van der Waals surface area contributed by atoms with Gasteiger partial charge in [-0.25, -0.2) is 0 Å². The van der Waals surface area contributed by atoms with E-state index < -0.39 is 23.3 Å². The Kier molecular flexibility index (Phi) is 4.68. The van der Waals surface area contributed by atoms with Gasteiger partial charge in [0.1, 0.15) is 5.75 Å².